The highest BCUT2D eigenvalue weighted by Crippen LogP contribution is 2.37. The molecule has 3 rings (SSSR count). The molecule has 1 aliphatic carbocycles. The third-order valence-corrected chi connectivity index (χ3v) is 4.88. The zero-order valence-corrected chi connectivity index (χ0v) is 12.8. The van der Waals surface area contributed by atoms with E-state index >= 15 is 0 Å². The molecule has 112 valence electrons. The van der Waals surface area contributed by atoms with Crippen molar-refractivity contribution < 1.29 is 4.74 Å². The fraction of sp³-hybridized carbons (Fsp3) is 0.474. The Morgan fingerprint density at radius 2 is 1.81 bits per heavy atom. The summed E-state index contributed by atoms with van der Waals surface area (Å²) in [5.41, 5.74) is 7.83. The van der Waals surface area contributed by atoms with Gasteiger partial charge in [-0.15, -0.1) is 0 Å². The summed E-state index contributed by atoms with van der Waals surface area (Å²) in [7, 11) is 0. The minimum atomic E-state index is -0.105. The lowest BCUT2D eigenvalue weighted by Crippen LogP contribution is -2.49. The highest BCUT2D eigenvalue weighted by molar-refractivity contribution is 5.85. The van der Waals surface area contributed by atoms with E-state index in [1.165, 1.54) is 29.2 Å². The van der Waals surface area contributed by atoms with Crippen LogP contribution in [0, 0.1) is 0 Å². The summed E-state index contributed by atoms with van der Waals surface area (Å²) < 4.78 is 6.11. The molecule has 0 spiro atoms. The molecule has 2 aromatic carbocycles. The van der Waals surface area contributed by atoms with Crippen LogP contribution in [0.3, 0.4) is 0 Å². The fourth-order valence-corrected chi connectivity index (χ4v) is 3.78. The van der Waals surface area contributed by atoms with Crippen LogP contribution in [0.25, 0.3) is 10.8 Å². The molecule has 0 saturated heterocycles. The first-order valence-corrected chi connectivity index (χ1v) is 8.11. The smallest absolute Gasteiger partial charge is 0.0835 e. The van der Waals surface area contributed by atoms with Gasteiger partial charge in [-0.25, -0.2) is 0 Å². The second-order valence-electron chi connectivity index (χ2n) is 6.15. The summed E-state index contributed by atoms with van der Waals surface area (Å²) in [6, 6.07) is 15.1. The Labute approximate surface area is 127 Å². The standard InChI is InChI=1S/C19H25NO/c1-2-21-19(12-5-6-13-19)18(20)14-16-10-7-9-15-8-3-4-11-17(15)16/h3-4,7-11,18H,2,5-6,12-14,20H2,1H3. The predicted molar refractivity (Wildman–Crippen MR) is 88.5 cm³/mol. The van der Waals surface area contributed by atoms with Crippen LogP contribution in [-0.2, 0) is 11.2 Å². The van der Waals surface area contributed by atoms with Crippen LogP contribution >= 0.6 is 0 Å². The number of fused-ring (bicyclic) bond motifs is 1. The number of rotatable bonds is 5. The fourth-order valence-electron chi connectivity index (χ4n) is 3.78. The van der Waals surface area contributed by atoms with Crippen LogP contribution in [0.4, 0.5) is 0 Å². The van der Waals surface area contributed by atoms with E-state index in [0.717, 1.165) is 25.9 Å². The van der Waals surface area contributed by atoms with Crippen molar-refractivity contribution >= 4 is 10.8 Å². The van der Waals surface area contributed by atoms with E-state index in [9.17, 15) is 0 Å². The lowest BCUT2D eigenvalue weighted by Gasteiger charge is -2.35. The van der Waals surface area contributed by atoms with Crippen molar-refractivity contribution in [1.29, 1.82) is 0 Å². The Hall–Kier alpha value is -1.38. The van der Waals surface area contributed by atoms with Gasteiger partial charge in [0.2, 0.25) is 0 Å². The van der Waals surface area contributed by atoms with Crippen LogP contribution < -0.4 is 5.73 Å². The first-order chi connectivity index (χ1) is 10.2. The second kappa shape index (κ2) is 6.17. The molecule has 2 N–H and O–H groups in total. The summed E-state index contributed by atoms with van der Waals surface area (Å²) in [6.07, 6.45) is 5.58. The van der Waals surface area contributed by atoms with E-state index in [0.29, 0.717) is 0 Å². The third kappa shape index (κ3) is 2.83. The lowest BCUT2D eigenvalue weighted by atomic mass is 9.86. The van der Waals surface area contributed by atoms with Gasteiger partial charge in [-0.1, -0.05) is 55.3 Å². The lowest BCUT2D eigenvalue weighted by molar-refractivity contribution is -0.0524. The highest BCUT2D eigenvalue weighted by atomic mass is 16.5. The maximum atomic E-state index is 6.60. The topological polar surface area (TPSA) is 35.2 Å². The van der Waals surface area contributed by atoms with Gasteiger partial charge in [-0.3, -0.25) is 0 Å². The minimum Gasteiger partial charge on any atom is -0.374 e. The van der Waals surface area contributed by atoms with Gasteiger partial charge in [0.25, 0.3) is 0 Å². The van der Waals surface area contributed by atoms with Gasteiger partial charge in [0.05, 0.1) is 5.60 Å². The highest BCUT2D eigenvalue weighted by Gasteiger charge is 2.40. The SMILES string of the molecule is CCOC1(C(N)Cc2cccc3ccccc23)CCCC1. The number of hydrogen-bond donors (Lipinski definition) is 1. The maximum Gasteiger partial charge on any atom is 0.0835 e. The van der Waals surface area contributed by atoms with Crippen LogP contribution in [0.2, 0.25) is 0 Å². The van der Waals surface area contributed by atoms with E-state index in [1.54, 1.807) is 0 Å². The van der Waals surface area contributed by atoms with Gasteiger partial charge in [0.15, 0.2) is 0 Å². The van der Waals surface area contributed by atoms with Gasteiger partial charge in [0.1, 0.15) is 0 Å². The molecule has 0 aromatic heterocycles. The molecule has 0 bridgehead atoms. The predicted octanol–water partition coefficient (Wildman–Crippen LogP) is 4.06. The van der Waals surface area contributed by atoms with Gasteiger partial charge < -0.3 is 10.5 Å². The zero-order chi connectivity index (χ0) is 14.7. The molecular formula is C19H25NO. The van der Waals surface area contributed by atoms with Crippen LogP contribution in [0.15, 0.2) is 42.5 Å². The van der Waals surface area contributed by atoms with E-state index in [-0.39, 0.29) is 11.6 Å². The summed E-state index contributed by atoms with van der Waals surface area (Å²) in [5.74, 6) is 0. The van der Waals surface area contributed by atoms with Gasteiger partial charge in [-0.05, 0) is 42.5 Å². The average Bonchev–Trinajstić information content (AvgIpc) is 2.98. The molecule has 0 amide bonds. The summed E-state index contributed by atoms with van der Waals surface area (Å²) >= 11 is 0. The number of nitrogens with two attached hydrogens (primary N) is 1. The summed E-state index contributed by atoms with van der Waals surface area (Å²) in [5, 5.41) is 2.61. The summed E-state index contributed by atoms with van der Waals surface area (Å²) in [6.45, 7) is 2.83. The van der Waals surface area contributed by atoms with E-state index in [1.807, 2.05) is 0 Å². The van der Waals surface area contributed by atoms with Crippen molar-refractivity contribution in [1.82, 2.24) is 0 Å². The van der Waals surface area contributed by atoms with Crippen molar-refractivity contribution in [2.45, 2.75) is 50.7 Å². The first kappa shape index (κ1) is 14.6. The Kier molecular flexibility index (Phi) is 4.27. The van der Waals surface area contributed by atoms with Crippen LogP contribution in [0.5, 0.6) is 0 Å². The summed E-state index contributed by atoms with van der Waals surface area (Å²) in [4.78, 5) is 0. The van der Waals surface area contributed by atoms with Crippen molar-refractivity contribution in [3.05, 3.63) is 48.0 Å². The Morgan fingerprint density at radius 1 is 1.10 bits per heavy atom. The molecular weight excluding hydrogens is 258 g/mol. The van der Waals surface area contributed by atoms with Gasteiger partial charge in [0, 0.05) is 12.6 Å². The molecule has 0 aliphatic heterocycles. The Morgan fingerprint density at radius 3 is 2.57 bits per heavy atom. The molecule has 2 nitrogen and oxygen atoms in total. The monoisotopic (exact) mass is 283 g/mol. The van der Waals surface area contributed by atoms with Crippen molar-refractivity contribution in [3.63, 3.8) is 0 Å². The number of benzene rings is 2. The zero-order valence-electron chi connectivity index (χ0n) is 12.8. The van der Waals surface area contributed by atoms with E-state index < -0.39 is 0 Å². The minimum absolute atomic E-state index is 0.0748. The third-order valence-electron chi connectivity index (χ3n) is 4.88. The van der Waals surface area contributed by atoms with Crippen molar-refractivity contribution in [2.24, 2.45) is 5.73 Å². The van der Waals surface area contributed by atoms with Crippen LogP contribution in [0.1, 0.15) is 38.2 Å². The molecule has 0 heterocycles. The molecule has 2 aromatic rings. The van der Waals surface area contributed by atoms with Crippen LogP contribution in [-0.4, -0.2) is 18.2 Å². The Balaban J connectivity index is 1.87. The number of hydrogen-bond acceptors (Lipinski definition) is 2. The molecule has 1 atom stereocenters. The van der Waals surface area contributed by atoms with Crippen molar-refractivity contribution in [3.8, 4) is 0 Å². The second-order valence-corrected chi connectivity index (χ2v) is 6.15. The van der Waals surface area contributed by atoms with E-state index in [2.05, 4.69) is 49.4 Å². The van der Waals surface area contributed by atoms with Crippen molar-refractivity contribution in [2.75, 3.05) is 6.61 Å². The average molecular weight is 283 g/mol. The van der Waals surface area contributed by atoms with Gasteiger partial charge >= 0.3 is 0 Å². The molecule has 1 aliphatic rings. The first-order valence-electron chi connectivity index (χ1n) is 8.11. The molecule has 0 radical (unpaired) electrons. The quantitative estimate of drug-likeness (QED) is 0.898. The molecule has 2 heteroatoms. The van der Waals surface area contributed by atoms with Gasteiger partial charge in [-0.2, -0.15) is 0 Å². The Bertz CT molecular complexity index is 596. The molecule has 1 saturated carbocycles. The van der Waals surface area contributed by atoms with E-state index in [4.69, 9.17) is 10.5 Å². The molecule has 1 unspecified atom stereocenters. The maximum absolute atomic E-state index is 6.60. The number of ether oxygens (including phenoxy) is 1. The normalized spacial score (nSPS) is 19.0. The molecule has 1 fully saturated rings. The largest absolute Gasteiger partial charge is 0.374 e. The molecule has 21 heavy (non-hydrogen) atoms.